The fourth-order valence-electron chi connectivity index (χ4n) is 1.78. The van der Waals surface area contributed by atoms with Crippen LogP contribution in [0.15, 0.2) is 0 Å². The van der Waals surface area contributed by atoms with Gasteiger partial charge in [0.2, 0.25) is 0 Å². The summed E-state index contributed by atoms with van der Waals surface area (Å²) < 4.78 is 5.02. The van der Waals surface area contributed by atoms with Gasteiger partial charge < -0.3 is 4.74 Å². The topological polar surface area (TPSA) is 26.3 Å². The van der Waals surface area contributed by atoms with Crippen LogP contribution in [0.1, 0.15) is 39.5 Å². The highest BCUT2D eigenvalue weighted by atomic mass is 16.5. The molecule has 1 fully saturated rings. The van der Waals surface area contributed by atoms with Crippen LogP contribution < -0.4 is 0 Å². The summed E-state index contributed by atoms with van der Waals surface area (Å²) >= 11 is 0. The molecule has 0 spiro atoms. The first-order valence-electron chi connectivity index (χ1n) is 4.26. The lowest BCUT2D eigenvalue weighted by Gasteiger charge is -2.36. The van der Waals surface area contributed by atoms with Gasteiger partial charge in [-0.2, -0.15) is 0 Å². The lowest BCUT2D eigenvalue weighted by Crippen LogP contribution is -2.34. The molecule has 0 radical (unpaired) electrons. The second-order valence-corrected chi connectivity index (χ2v) is 3.96. The van der Waals surface area contributed by atoms with Gasteiger partial charge in [0.15, 0.2) is 0 Å². The Morgan fingerprint density at radius 1 is 1.45 bits per heavy atom. The molecule has 0 amide bonds. The summed E-state index contributed by atoms with van der Waals surface area (Å²) in [6, 6.07) is 0. The van der Waals surface area contributed by atoms with Gasteiger partial charge in [0, 0.05) is 5.41 Å². The first kappa shape index (κ1) is 8.57. The first-order chi connectivity index (χ1) is 5.17. The van der Waals surface area contributed by atoms with Crippen molar-refractivity contribution in [2.45, 2.75) is 45.6 Å². The van der Waals surface area contributed by atoms with Crippen LogP contribution >= 0.6 is 0 Å². The van der Waals surface area contributed by atoms with E-state index in [9.17, 15) is 4.79 Å². The van der Waals surface area contributed by atoms with E-state index in [1.165, 1.54) is 19.3 Å². The highest BCUT2D eigenvalue weighted by molar-refractivity contribution is 5.37. The van der Waals surface area contributed by atoms with E-state index < -0.39 is 0 Å². The number of carbonyl (C=O) groups is 1. The maximum atomic E-state index is 10.1. The van der Waals surface area contributed by atoms with Crippen LogP contribution in [0.4, 0.5) is 0 Å². The first-order valence-corrected chi connectivity index (χ1v) is 4.26. The Morgan fingerprint density at radius 3 is 2.73 bits per heavy atom. The Hall–Kier alpha value is -0.530. The predicted octanol–water partition coefficient (Wildman–Crippen LogP) is 2.13. The van der Waals surface area contributed by atoms with Crippen LogP contribution in [0.2, 0.25) is 0 Å². The van der Waals surface area contributed by atoms with Crippen molar-refractivity contribution in [3.8, 4) is 0 Å². The van der Waals surface area contributed by atoms with E-state index in [2.05, 4.69) is 13.8 Å². The molecule has 11 heavy (non-hydrogen) atoms. The van der Waals surface area contributed by atoms with Gasteiger partial charge in [-0.05, 0) is 19.3 Å². The molecule has 0 N–H and O–H groups in total. The molecule has 64 valence electrons. The smallest absolute Gasteiger partial charge is 0.293 e. The van der Waals surface area contributed by atoms with E-state index in [1.807, 2.05) is 0 Å². The minimum atomic E-state index is 0.147. The van der Waals surface area contributed by atoms with Crippen LogP contribution in [-0.4, -0.2) is 12.6 Å². The largest absolute Gasteiger partial charge is 0.464 e. The van der Waals surface area contributed by atoms with Crippen molar-refractivity contribution in [1.29, 1.82) is 0 Å². The molecule has 1 atom stereocenters. The van der Waals surface area contributed by atoms with Gasteiger partial charge in [0.1, 0.15) is 6.10 Å². The SMILES string of the molecule is CC1(C)CCCCC1OC=O. The fourth-order valence-corrected chi connectivity index (χ4v) is 1.78. The van der Waals surface area contributed by atoms with Gasteiger partial charge in [-0.15, -0.1) is 0 Å². The van der Waals surface area contributed by atoms with Crippen molar-refractivity contribution in [3.05, 3.63) is 0 Å². The zero-order valence-corrected chi connectivity index (χ0v) is 7.30. The minimum Gasteiger partial charge on any atom is -0.464 e. The highest BCUT2D eigenvalue weighted by Gasteiger charge is 2.33. The summed E-state index contributed by atoms with van der Waals surface area (Å²) in [5.41, 5.74) is 0.194. The predicted molar refractivity (Wildman–Crippen MR) is 43.2 cm³/mol. The van der Waals surface area contributed by atoms with E-state index in [4.69, 9.17) is 4.74 Å². The normalized spacial score (nSPS) is 29.5. The monoisotopic (exact) mass is 156 g/mol. The van der Waals surface area contributed by atoms with E-state index in [0.717, 1.165) is 6.42 Å². The molecule has 1 rings (SSSR count). The van der Waals surface area contributed by atoms with Crippen molar-refractivity contribution in [2.24, 2.45) is 5.41 Å². The molecule has 0 aliphatic heterocycles. The Bertz CT molecular complexity index is 140. The molecule has 2 nitrogen and oxygen atoms in total. The van der Waals surface area contributed by atoms with E-state index in [0.29, 0.717) is 6.47 Å². The van der Waals surface area contributed by atoms with Gasteiger partial charge in [-0.3, -0.25) is 4.79 Å². The van der Waals surface area contributed by atoms with Crippen molar-refractivity contribution in [3.63, 3.8) is 0 Å². The van der Waals surface area contributed by atoms with E-state index >= 15 is 0 Å². The van der Waals surface area contributed by atoms with Crippen LogP contribution in [0.25, 0.3) is 0 Å². The quantitative estimate of drug-likeness (QED) is 0.572. The highest BCUT2D eigenvalue weighted by Crippen LogP contribution is 2.36. The van der Waals surface area contributed by atoms with Crippen molar-refractivity contribution in [2.75, 3.05) is 0 Å². The van der Waals surface area contributed by atoms with E-state index in [-0.39, 0.29) is 11.5 Å². The maximum Gasteiger partial charge on any atom is 0.293 e. The fraction of sp³-hybridized carbons (Fsp3) is 0.889. The Labute approximate surface area is 67.9 Å². The minimum absolute atomic E-state index is 0.147. The standard InChI is InChI=1S/C9H16O2/c1-9(2)6-4-3-5-8(9)11-7-10/h7-8H,3-6H2,1-2H3. The summed E-state index contributed by atoms with van der Waals surface area (Å²) in [7, 11) is 0. The average Bonchev–Trinajstić information content (AvgIpc) is 1.94. The zero-order valence-electron chi connectivity index (χ0n) is 7.30. The van der Waals surface area contributed by atoms with Gasteiger partial charge in [-0.1, -0.05) is 20.3 Å². The molecule has 2 heteroatoms. The molecule has 1 unspecified atom stereocenters. The van der Waals surface area contributed by atoms with Crippen molar-refractivity contribution < 1.29 is 9.53 Å². The molecular weight excluding hydrogens is 140 g/mol. The van der Waals surface area contributed by atoms with Crippen LogP contribution in [0.3, 0.4) is 0 Å². The lowest BCUT2D eigenvalue weighted by atomic mass is 9.75. The molecule has 0 aromatic rings. The Kier molecular flexibility index (Phi) is 2.53. The second kappa shape index (κ2) is 3.24. The van der Waals surface area contributed by atoms with Gasteiger partial charge in [0.25, 0.3) is 6.47 Å². The number of rotatable bonds is 2. The van der Waals surface area contributed by atoms with Crippen LogP contribution in [0.5, 0.6) is 0 Å². The number of ether oxygens (including phenoxy) is 1. The van der Waals surface area contributed by atoms with Gasteiger partial charge in [-0.25, -0.2) is 0 Å². The molecule has 0 bridgehead atoms. The third kappa shape index (κ3) is 1.95. The molecular formula is C9H16O2. The Morgan fingerprint density at radius 2 is 2.18 bits per heavy atom. The summed E-state index contributed by atoms with van der Waals surface area (Å²) in [5, 5.41) is 0. The van der Waals surface area contributed by atoms with Crippen molar-refractivity contribution >= 4 is 6.47 Å². The average molecular weight is 156 g/mol. The molecule has 1 saturated carbocycles. The molecule has 0 aromatic heterocycles. The summed E-state index contributed by atoms with van der Waals surface area (Å²) in [4.78, 5) is 10.1. The molecule has 0 heterocycles. The molecule has 1 aliphatic rings. The Balaban J connectivity index is 2.52. The maximum absolute atomic E-state index is 10.1. The number of carbonyl (C=O) groups excluding carboxylic acids is 1. The molecule has 1 aliphatic carbocycles. The van der Waals surface area contributed by atoms with E-state index in [1.54, 1.807) is 0 Å². The van der Waals surface area contributed by atoms with Gasteiger partial charge in [0.05, 0.1) is 0 Å². The zero-order chi connectivity index (χ0) is 8.32. The number of hydrogen-bond acceptors (Lipinski definition) is 2. The van der Waals surface area contributed by atoms with Crippen molar-refractivity contribution in [1.82, 2.24) is 0 Å². The lowest BCUT2D eigenvalue weighted by molar-refractivity contribution is -0.142. The second-order valence-electron chi connectivity index (χ2n) is 3.96. The summed E-state index contributed by atoms with van der Waals surface area (Å²) in [6.07, 6.45) is 4.82. The molecule has 0 saturated heterocycles. The van der Waals surface area contributed by atoms with Crippen LogP contribution in [0, 0.1) is 5.41 Å². The molecule has 0 aromatic carbocycles. The third-order valence-corrected chi connectivity index (χ3v) is 2.63. The van der Waals surface area contributed by atoms with Crippen LogP contribution in [-0.2, 0) is 9.53 Å². The number of hydrogen-bond donors (Lipinski definition) is 0. The summed E-state index contributed by atoms with van der Waals surface area (Å²) in [6.45, 7) is 4.92. The third-order valence-electron chi connectivity index (χ3n) is 2.63. The summed E-state index contributed by atoms with van der Waals surface area (Å²) in [5.74, 6) is 0. The van der Waals surface area contributed by atoms with Gasteiger partial charge >= 0.3 is 0 Å².